The number of aryl methyl sites for hydroxylation is 1. The molecule has 0 aliphatic heterocycles. The van der Waals surface area contributed by atoms with E-state index in [-0.39, 0.29) is 18.1 Å². The van der Waals surface area contributed by atoms with Gasteiger partial charge in [-0.15, -0.1) is 0 Å². The van der Waals surface area contributed by atoms with Gasteiger partial charge in [0.1, 0.15) is 6.33 Å². The van der Waals surface area contributed by atoms with E-state index in [1.54, 1.807) is 11.7 Å². The number of hydrogen-bond acceptors (Lipinski definition) is 9. The number of nitrogen functional groups attached to an aromatic ring is 1. The van der Waals surface area contributed by atoms with Crippen LogP contribution in [0.25, 0.3) is 0 Å². The molecule has 0 saturated heterocycles. The summed E-state index contributed by atoms with van der Waals surface area (Å²) in [5, 5.41) is 5.05. The van der Waals surface area contributed by atoms with E-state index < -0.39 is 0 Å². The molecule has 0 amide bonds. The molecule has 0 bridgehead atoms. The Hall–Kier alpha value is -1.94. The zero-order valence-corrected chi connectivity index (χ0v) is 11.5. The van der Waals surface area contributed by atoms with Crippen LogP contribution in [0.1, 0.15) is 13.8 Å². The predicted octanol–water partition coefficient (Wildman–Crippen LogP) is 0.224. The van der Waals surface area contributed by atoms with E-state index in [4.69, 9.17) is 10.6 Å². The maximum absolute atomic E-state index is 5.43. The van der Waals surface area contributed by atoms with E-state index in [1.807, 2.05) is 13.8 Å². The van der Waals surface area contributed by atoms with Crippen LogP contribution in [0.2, 0.25) is 0 Å². The van der Waals surface area contributed by atoms with E-state index in [1.165, 1.54) is 18.1 Å². The third-order valence-electron chi connectivity index (χ3n) is 1.92. The summed E-state index contributed by atoms with van der Waals surface area (Å²) in [6.07, 6.45) is 1.41. The summed E-state index contributed by atoms with van der Waals surface area (Å²) in [4.78, 5) is 16.4. The summed E-state index contributed by atoms with van der Waals surface area (Å²) in [6.45, 7) is 3.77. The molecule has 0 spiro atoms. The van der Waals surface area contributed by atoms with Crippen molar-refractivity contribution in [1.82, 2.24) is 29.7 Å². The zero-order chi connectivity index (χ0) is 13.8. The minimum Gasteiger partial charge on any atom is -0.461 e. The Bertz CT molecular complexity index is 557. The van der Waals surface area contributed by atoms with Crippen molar-refractivity contribution < 1.29 is 4.74 Å². The van der Waals surface area contributed by atoms with Crippen LogP contribution in [-0.4, -0.2) is 35.8 Å². The molecule has 9 nitrogen and oxygen atoms in total. The summed E-state index contributed by atoms with van der Waals surface area (Å²) in [7, 11) is 1.78. The monoisotopic (exact) mass is 282 g/mol. The van der Waals surface area contributed by atoms with Crippen LogP contribution in [0, 0.1) is 0 Å². The van der Waals surface area contributed by atoms with Gasteiger partial charge in [-0.3, -0.25) is 5.43 Å². The minimum atomic E-state index is -0.0410. The van der Waals surface area contributed by atoms with Crippen molar-refractivity contribution in [3.63, 3.8) is 0 Å². The third-order valence-corrected chi connectivity index (χ3v) is 2.83. The molecule has 0 saturated carbocycles. The fraction of sp³-hybridized carbons (Fsp3) is 0.444. The molecule has 0 aliphatic carbocycles. The summed E-state index contributed by atoms with van der Waals surface area (Å²) < 4.78 is 7.05. The van der Waals surface area contributed by atoms with Crippen LogP contribution < -0.4 is 16.0 Å². The highest BCUT2D eigenvalue weighted by molar-refractivity contribution is 7.99. The first-order valence-corrected chi connectivity index (χ1v) is 6.31. The van der Waals surface area contributed by atoms with Crippen molar-refractivity contribution in [2.75, 3.05) is 5.43 Å². The molecule has 0 aliphatic rings. The maximum atomic E-state index is 5.43. The Labute approximate surface area is 114 Å². The van der Waals surface area contributed by atoms with Gasteiger partial charge >= 0.3 is 6.01 Å². The summed E-state index contributed by atoms with van der Waals surface area (Å²) in [5.41, 5.74) is 2.38. The highest BCUT2D eigenvalue weighted by Crippen LogP contribution is 2.23. The first kappa shape index (κ1) is 13.5. The fourth-order valence-corrected chi connectivity index (χ4v) is 1.87. The smallest absolute Gasteiger partial charge is 0.322 e. The fourth-order valence-electron chi connectivity index (χ4n) is 1.17. The second-order valence-corrected chi connectivity index (χ2v) is 4.74. The Morgan fingerprint density at radius 3 is 2.74 bits per heavy atom. The quantitative estimate of drug-likeness (QED) is 0.586. The number of ether oxygens (including phenoxy) is 1. The maximum Gasteiger partial charge on any atom is 0.322 e. The normalized spacial score (nSPS) is 10.8. The van der Waals surface area contributed by atoms with Gasteiger partial charge in [0.05, 0.1) is 6.10 Å². The molecule has 2 aromatic heterocycles. The topological polar surface area (TPSA) is 117 Å². The average molecular weight is 282 g/mol. The Kier molecular flexibility index (Phi) is 4.12. The molecule has 0 atom stereocenters. The van der Waals surface area contributed by atoms with E-state index in [0.29, 0.717) is 10.3 Å². The number of rotatable bonds is 5. The Morgan fingerprint density at radius 2 is 2.16 bits per heavy atom. The molecular weight excluding hydrogens is 268 g/mol. The molecular formula is C9H14N8OS. The number of hydrazine groups is 1. The number of hydrogen-bond donors (Lipinski definition) is 2. The van der Waals surface area contributed by atoms with Crippen LogP contribution in [0.5, 0.6) is 6.01 Å². The summed E-state index contributed by atoms with van der Waals surface area (Å²) in [6, 6.07) is 0.211. The first-order chi connectivity index (χ1) is 9.08. The van der Waals surface area contributed by atoms with Gasteiger partial charge in [0.25, 0.3) is 0 Å². The molecule has 2 heterocycles. The number of nitrogens with zero attached hydrogens (tertiary/aromatic N) is 6. The standard InChI is InChI=1S/C9H14N8OS/c1-5(2)18-7-13-6(16-10)14-8(15-7)19-9-11-4-12-17(9)3/h4-5H,10H2,1-3H3,(H,13,14,15,16). The molecule has 0 radical (unpaired) electrons. The van der Waals surface area contributed by atoms with Crippen LogP contribution in [0.4, 0.5) is 5.95 Å². The lowest BCUT2D eigenvalue weighted by molar-refractivity contribution is 0.219. The molecule has 0 fully saturated rings. The SMILES string of the molecule is CC(C)Oc1nc(NN)nc(Sc2ncnn2C)n1. The Balaban J connectivity index is 2.26. The second-order valence-electron chi connectivity index (χ2n) is 3.80. The van der Waals surface area contributed by atoms with Gasteiger partial charge in [-0.05, 0) is 25.6 Å². The van der Waals surface area contributed by atoms with E-state index in [0.717, 1.165) is 0 Å². The van der Waals surface area contributed by atoms with Gasteiger partial charge in [0.2, 0.25) is 11.1 Å². The van der Waals surface area contributed by atoms with Crippen LogP contribution >= 0.6 is 11.8 Å². The van der Waals surface area contributed by atoms with Gasteiger partial charge in [-0.2, -0.15) is 20.1 Å². The van der Waals surface area contributed by atoms with Crippen LogP contribution in [-0.2, 0) is 7.05 Å². The van der Waals surface area contributed by atoms with Gasteiger partial charge < -0.3 is 4.74 Å². The third kappa shape index (κ3) is 3.51. The van der Waals surface area contributed by atoms with Crippen molar-refractivity contribution in [2.45, 2.75) is 30.3 Å². The van der Waals surface area contributed by atoms with Crippen LogP contribution in [0.3, 0.4) is 0 Å². The van der Waals surface area contributed by atoms with Crippen molar-refractivity contribution >= 4 is 17.7 Å². The number of aromatic nitrogens is 6. The zero-order valence-electron chi connectivity index (χ0n) is 10.7. The molecule has 0 aromatic carbocycles. The number of anilines is 1. The van der Waals surface area contributed by atoms with Gasteiger partial charge in [0.15, 0.2) is 5.16 Å². The number of nitrogens with one attached hydrogen (secondary N) is 1. The lowest BCUT2D eigenvalue weighted by Gasteiger charge is -2.09. The second kappa shape index (κ2) is 5.80. The predicted molar refractivity (Wildman–Crippen MR) is 68.5 cm³/mol. The highest BCUT2D eigenvalue weighted by Gasteiger charge is 2.12. The van der Waals surface area contributed by atoms with Gasteiger partial charge in [-0.1, -0.05) is 0 Å². The van der Waals surface area contributed by atoms with Gasteiger partial charge in [0, 0.05) is 7.05 Å². The number of nitrogens with two attached hydrogens (primary N) is 1. The summed E-state index contributed by atoms with van der Waals surface area (Å²) in [5.74, 6) is 5.55. The van der Waals surface area contributed by atoms with Crippen molar-refractivity contribution in [2.24, 2.45) is 12.9 Å². The lowest BCUT2D eigenvalue weighted by atomic mass is 10.5. The van der Waals surface area contributed by atoms with E-state index in [2.05, 4.69) is 30.5 Å². The molecule has 10 heteroatoms. The van der Waals surface area contributed by atoms with Crippen LogP contribution in [0.15, 0.2) is 16.6 Å². The molecule has 2 aromatic rings. The molecule has 19 heavy (non-hydrogen) atoms. The lowest BCUT2D eigenvalue weighted by Crippen LogP contribution is -2.15. The van der Waals surface area contributed by atoms with Crippen molar-refractivity contribution in [3.05, 3.63) is 6.33 Å². The van der Waals surface area contributed by atoms with E-state index in [9.17, 15) is 0 Å². The molecule has 0 unspecified atom stereocenters. The first-order valence-electron chi connectivity index (χ1n) is 5.49. The average Bonchev–Trinajstić information content (AvgIpc) is 2.74. The molecule has 2 rings (SSSR count). The Morgan fingerprint density at radius 1 is 1.37 bits per heavy atom. The van der Waals surface area contributed by atoms with Crippen molar-refractivity contribution in [1.29, 1.82) is 0 Å². The highest BCUT2D eigenvalue weighted by atomic mass is 32.2. The van der Waals surface area contributed by atoms with Gasteiger partial charge in [-0.25, -0.2) is 15.5 Å². The van der Waals surface area contributed by atoms with Crippen molar-refractivity contribution in [3.8, 4) is 6.01 Å². The molecule has 102 valence electrons. The molecule has 3 N–H and O–H groups in total. The van der Waals surface area contributed by atoms with E-state index >= 15 is 0 Å². The minimum absolute atomic E-state index is 0.0410. The largest absolute Gasteiger partial charge is 0.461 e. The summed E-state index contributed by atoms with van der Waals surface area (Å²) >= 11 is 1.24.